The van der Waals surface area contributed by atoms with E-state index in [9.17, 15) is 4.79 Å². The largest absolute Gasteiger partial charge is 0.486 e. The predicted molar refractivity (Wildman–Crippen MR) is 94.0 cm³/mol. The van der Waals surface area contributed by atoms with Gasteiger partial charge in [0.1, 0.15) is 13.2 Å². The molecule has 1 fully saturated rings. The summed E-state index contributed by atoms with van der Waals surface area (Å²) in [5.41, 5.74) is 1.97. The molecule has 1 saturated carbocycles. The summed E-state index contributed by atoms with van der Waals surface area (Å²) in [6.07, 6.45) is 2.20. The van der Waals surface area contributed by atoms with Crippen LogP contribution in [0.3, 0.4) is 0 Å². The summed E-state index contributed by atoms with van der Waals surface area (Å²) < 4.78 is 11.9. The van der Waals surface area contributed by atoms with Gasteiger partial charge in [-0.15, -0.1) is 0 Å². The number of allylic oxidation sites excluding steroid dienone is 2. The first-order valence-corrected chi connectivity index (χ1v) is 8.65. The van der Waals surface area contributed by atoms with E-state index < -0.39 is 0 Å². The SMILES string of the molecule is CC(C)=C[C@@H]1[C@H](C(=O)Nc2cc3c(cc2Br)OCCO3)C1(C)C. The molecule has 1 heterocycles. The lowest BCUT2D eigenvalue weighted by Gasteiger charge is -2.20. The maximum Gasteiger partial charge on any atom is 0.228 e. The molecular formula is C18H22BrNO3. The summed E-state index contributed by atoms with van der Waals surface area (Å²) in [4.78, 5) is 12.7. The van der Waals surface area contributed by atoms with Crippen LogP contribution in [0.2, 0.25) is 0 Å². The number of fused-ring (bicyclic) bond motifs is 1. The number of carbonyl (C=O) groups is 1. The molecule has 124 valence electrons. The molecule has 4 nitrogen and oxygen atoms in total. The number of rotatable bonds is 3. The third-order valence-corrected chi connectivity index (χ3v) is 5.25. The molecule has 0 unspecified atom stereocenters. The van der Waals surface area contributed by atoms with E-state index in [-0.39, 0.29) is 17.2 Å². The van der Waals surface area contributed by atoms with E-state index in [0.717, 1.165) is 10.2 Å². The second kappa shape index (κ2) is 5.86. The molecule has 0 spiro atoms. The van der Waals surface area contributed by atoms with Crippen molar-refractivity contribution in [3.63, 3.8) is 0 Å². The molecule has 2 atom stereocenters. The van der Waals surface area contributed by atoms with E-state index in [2.05, 4.69) is 55.0 Å². The lowest BCUT2D eigenvalue weighted by atomic mass is 10.1. The van der Waals surface area contributed by atoms with E-state index in [1.807, 2.05) is 12.1 Å². The van der Waals surface area contributed by atoms with Gasteiger partial charge in [0, 0.05) is 16.6 Å². The Bertz CT molecular complexity index is 677. The van der Waals surface area contributed by atoms with E-state index in [0.29, 0.717) is 30.6 Å². The van der Waals surface area contributed by atoms with Gasteiger partial charge in [0.2, 0.25) is 5.91 Å². The Morgan fingerprint density at radius 1 is 1.26 bits per heavy atom. The van der Waals surface area contributed by atoms with Gasteiger partial charge in [0.05, 0.1) is 11.6 Å². The molecule has 1 aliphatic heterocycles. The second-order valence-corrected chi connectivity index (χ2v) is 7.89. The maximum absolute atomic E-state index is 12.7. The highest BCUT2D eigenvalue weighted by Crippen LogP contribution is 2.59. The zero-order valence-electron chi connectivity index (χ0n) is 13.9. The van der Waals surface area contributed by atoms with Gasteiger partial charge in [-0.25, -0.2) is 0 Å². The molecule has 1 N–H and O–H groups in total. The third-order valence-electron chi connectivity index (χ3n) is 4.60. The Balaban J connectivity index is 1.78. The lowest BCUT2D eigenvalue weighted by molar-refractivity contribution is -0.118. The average molecular weight is 380 g/mol. The first-order chi connectivity index (χ1) is 10.8. The van der Waals surface area contributed by atoms with Gasteiger partial charge in [0.15, 0.2) is 11.5 Å². The predicted octanol–water partition coefficient (Wildman–Crippen LogP) is 4.40. The standard InChI is InChI=1S/C18H22BrNO3/c1-10(2)7-11-16(18(11,3)4)17(21)20-13-9-15-14(8-12(13)19)22-5-6-23-15/h7-9,11,16H,5-6H2,1-4H3,(H,20,21)/t11-,16-/m1/s1. The first kappa shape index (κ1) is 16.4. The molecule has 1 amide bonds. The fourth-order valence-corrected chi connectivity index (χ4v) is 3.64. The molecule has 1 aromatic carbocycles. The number of benzene rings is 1. The summed E-state index contributed by atoms with van der Waals surface area (Å²) in [6, 6.07) is 3.66. The van der Waals surface area contributed by atoms with Crippen molar-refractivity contribution in [1.82, 2.24) is 0 Å². The van der Waals surface area contributed by atoms with Gasteiger partial charge < -0.3 is 14.8 Å². The summed E-state index contributed by atoms with van der Waals surface area (Å²) in [5.74, 6) is 1.72. The lowest BCUT2D eigenvalue weighted by Crippen LogP contribution is -2.19. The van der Waals surface area contributed by atoms with Crippen LogP contribution in [0.1, 0.15) is 27.7 Å². The maximum atomic E-state index is 12.7. The van der Waals surface area contributed by atoms with Crippen molar-refractivity contribution in [2.24, 2.45) is 17.3 Å². The Labute approximate surface area is 145 Å². The van der Waals surface area contributed by atoms with Crippen LogP contribution in [-0.2, 0) is 4.79 Å². The highest BCUT2D eigenvalue weighted by atomic mass is 79.9. The summed E-state index contributed by atoms with van der Waals surface area (Å²) >= 11 is 3.50. The highest BCUT2D eigenvalue weighted by Gasteiger charge is 2.60. The number of anilines is 1. The van der Waals surface area contributed by atoms with E-state index in [1.165, 1.54) is 5.57 Å². The van der Waals surface area contributed by atoms with Crippen molar-refractivity contribution in [1.29, 1.82) is 0 Å². The molecule has 1 aliphatic carbocycles. The molecule has 5 heteroatoms. The van der Waals surface area contributed by atoms with Gasteiger partial charge in [-0.3, -0.25) is 4.79 Å². The highest BCUT2D eigenvalue weighted by molar-refractivity contribution is 9.10. The van der Waals surface area contributed by atoms with Crippen LogP contribution >= 0.6 is 15.9 Å². The van der Waals surface area contributed by atoms with Gasteiger partial charge in [-0.1, -0.05) is 25.5 Å². The van der Waals surface area contributed by atoms with Crippen molar-refractivity contribution in [2.45, 2.75) is 27.7 Å². The third kappa shape index (κ3) is 3.11. The zero-order chi connectivity index (χ0) is 16.8. The summed E-state index contributed by atoms with van der Waals surface area (Å²) in [7, 11) is 0. The van der Waals surface area contributed by atoms with Crippen molar-refractivity contribution in [3.05, 3.63) is 28.3 Å². The number of nitrogens with one attached hydrogen (secondary N) is 1. The molecule has 0 bridgehead atoms. The average Bonchev–Trinajstić information content (AvgIpc) is 2.99. The number of hydrogen-bond donors (Lipinski definition) is 1. The molecule has 0 saturated heterocycles. The van der Waals surface area contributed by atoms with Crippen LogP contribution in [0, 0.1) is 17.3 Å². The topological polar surface area (TPSA) is 47.6 Å². The van der Waals surface area contributed by atoms with Crippen molar-refractivity contribution in [3.8, 4) is 11.5 Å². The summed E-state index contributed by atoms with van der Waals surface area (Å²) in [6.45, 7) is 9.49. The molecule has 23 heavy (non-hydrogen) atoms. The van der Waals surface area contributed by atoms with Crippen LogP contribution in [0.25, 0.3) is 0 Å². The fraction of sp³-hybridized carbons (Fsp3) is 0.500. The molecule has 1 aromatic rings. The first-order valence-electron chi connectivity index (χ1n) is 7.85. The van der Waals surface area contributed by atoms with Gasteiger partial charge in [0.25, 0.3) is 0 Å². The van der Waals surface area contributed by atoms with Crippen LogP contribution in [-0.4, -0.2) is 19.1 Å². The van der Waals surface area contributed by atoms with Gasteiger partial charge >= 0.3 is 0 Å². The van der Waals surface area contributed by atoms with Gasteiger partial charge in [-0.05, 0) is 41.1 Å². The quantitative estimate of drug-likeness (QED) is 0.791. The second-order valence-electron chi connectivity index (χ2n) is 7.03. The normalized spacial score (nSPS) is 23.9. The molecule has 2 aliphatic rings. The number of ether oxygens (including phenoxy) is 2. The van der Waals surface area contributed by atoms with Crippen molar-refractivity contribution < 1.29 is 14.3 Å². The van der Waals surface area contributed by atoms with Crippen LogP contribution in [0.5, 0.6) is 11.5 Å². The van der Waals surface area contributed by atoms with Gasteiger partial charge in [-0.2, -0.15) is 0 Å². The van der Waals surface area contributed by atoms with E-state index >= 15 is 0 Å². The monoisotopic (exact) mass is 379 g/mol. The number of carbonyl (C=O) groups excluding carboxylic acids is 1. The Morgan fingerprint density at radius 2 is 1.87 bits per heavy atom. The number of hydrogen-bond acceptors (Lipinski definition) is 3. The van der Waals surface area contributed by atoms with Crippen LogP contribution in [0.4, 0.5) is 5.69 Å². The number of halogens is 1. The van der Waals surface area contributed by atoms with Crippen molar-refractivity contribution in [2.75, 3.05) is 18.5 Å². The minimum atomic E-state index is -0.00231. The minimum absolute atomic E-state index is 0.00164. The van der Waals surface area contributed by atoms with Crippen molar-refractivity contribution >= 4 is 27.5 Å². The smallest absolute Gasteiger partial charge is 0.228 e. The Hall–Kier alpha value is -1.49. The minimum Gasteiger partial charge on any atom is -0.486 e. The molecular weight excluding hydrogens is 358 g/mol. The Kier molecular flexibility index (Phi) is 4.17. The fourth-order valence-electron chi connectivity index (χ4n) is 3.22. The molecule has 0 aromatic heterocycles. The Morgan fingerprint density at radius 3 is 2.48 bits per heavy atom. The molecule has 3 rings (SSSR count). The number of amides is 1. The van der Waals surface area contributed by atoms with Crippen LogP contribution in [0.15, 0.2) is 28.3 Å². The van der Waals surface area contributed by atoms with E-state index in [4.69, 9.17) is 9.47 Å². The van der Waals surface area contributed by atoms with Crippen LogP contribution < -0.4 is 14.8 Å². The zero-order valence-corrected chi connectivity index (χ0v) is 15.5. The molecule has 0 radical (unpaired) electrons. The van der Waals surface area contributed by atoms with E-state index in [1.54, 1.807) is 0 Å². The summed E-state index contributed by atoms with van der Waals surface area (Å²) in [5, 5.41) is 3.03.